The zero-order valence-electron chi connectivity index (χ0n) is 12.2. The summed E-state index contributed by atoms with van der Waals surface area (Å²) in [7, 11) is 1.62. The van der Waals surface area contributed by atoms with E-state index in [1.54, 1.807) is 7.11 Å². The van der Waals surface area contributed by atoms with E-state index in [1.165, 1.54) is 5.56 Å². The van der Waals surface area contributed by atoms with Crippen molar-refractivity contribution in [2.75, 3.05) is 25.6 Å². The third-order valence-electron chi connectivity index (χ3n) is 2.94. The van der Waals surface area contributed by atoms with Crippen LogP contribution in [0.5, 0.6) is 0 Å². The van der Waals surface area contributed by atoms with E-state index in [-0.39, 0.29) is 11.9 Å². The molecular formula is C15H24N2O2. The molecule has 0 bridgehead atoms. The smallest absolute Gasteiger partial charge is 0.242 e. The molecule has 1 atom stereocenters. The summed E-state index contributed by atoms with van der Waals surface area (Å²) in [5, 5.41) is 6.03. The van der Waals surface area contributed by atoms with Crippen LogP contribution < -0.4 is 10.6 Å². The summed E-state index contributed by atoms with van der Waals surface area (Å²) in [5.74, 6) is 0.458. The summed E-state index contributed by atoms with van der Waals surface area (Å²) in [6.07, 6.45) is 0. The van der Waals surface area contributed by atoms with Gasteiger partial charge in [0.05, 0.1) is 6.61 Å². The van der Waals surface area contributed by atoms with E-state index >= 15 is 0 Å². The summed E-state index contributed by atoms with van der Waals surface area (Å²) >= 11 is 0. The lowest BCUT2D eigenvalue weighted by Gasteiger charge is -2.16. The Kier molecular flexibility index (Phi) is 6.36. The van der Waals surface area contributed by atoms with Gasteiger partial charge in [-0.3, -0.25) is 4.79 Å². The lowest BCUT2D eigenvalue weighted by atomic mass is 10.0. The standard InChI is InChI=1S/C15H24N2O2/c1-11(2)13-6-5-7-14(10-13)17-12(3)15(18)16-8-9-19-4/h5-7,10-12,17H,8-9H2,1-4H3,(H,16,18). The van der Waals surface area contributed by atoms with Crippen molar-refractivity contribution >= 4 is 11.6 Å². The first-order valence-electron chi connectivity index (χ1n) is 6.67. The molecule has 0 spiro atoms. The van der Waals surface area contributed by atoms with Crippen molar-refractivity contribution in [3.05, 3.63) is 29.8 Å². The first-order chi connectivity index (χ1) is 9.04. The second kappa shape index (κ2) is 7.79. The summed E-state index contributed by atoms with van der Waals surface area (Å²) in [6, 6.07) is 7.90. The fourth-order valence-electron chi connectivity index (χ4n) is 1.73. The van der Waals surface area contributed by atoms with E-state index in [0.29, 0.717) is 19.1 Å². The number of amides is 1. The minimum atomic E-state index is -0.265. The maximum atomic E-state index is 11.8. The van der Waals surface area contributed by atoms with Crippen LogP contribution in [0, 0.1) is 0 Å². The monoisotopic (exact) mass is 264 g/mol. The second-order valence-corrected chi connectivity index (χ2v) is 4.93. The molecule has 4 heteroatoms. The third-order valence-corrected chi connectivity index (χ3v) is 2.94. The molecule has 2 N–H and O–H groups in total. The first kappa shape index (κ1) is 15.5. The van der Waals surface area contributed by atoms with Crippen LogP contribution in [-0.2, 0) is 9.53 Å². The minimum absolute atomic E-state index is 0.0213. The number of rotatable bonds is 7. The highest BCUT2D eigenvalue weighted by molar-refractivity contribution is 5.84. The first-order valence-corrected chi connectivity index (χ1v) is 6.67. The predicted molar refractivity (Wildman–Crippen MR) is 78.5 cm³/mol. The Bertz CT molecular complexity index is 405. The van der Waals surface area contributed by atoms with Crippen LogP contribution >= 0.6 is 0 Å². The molecule has 0 aromatic heterocycles. The molecule has 0 heterocycles. The molecule has 0 saturated heterocycles. The molecular weight excluding hydrogens is 240 g/mol. The Morgan fingerprint density at radius 2 is 2.05 bits per heavy atom. The van der Waals surface area contributed by atoms with E-state index in [0.717, 1.165) is 5.69 Å². The van der Waals surface area contributed by atoms with Crippen LogP contribution in [0.3, 0.4) is 0 Å². The SMILES string of the molecule is COCCNC(=O)C(C)Nc1cccc(C(C)C)c1. The topological polar surface area (TPSA) is 50.4 Å². The minimum Gasteiger partial charge on any atom is -0.383 e. The number of carbonyl (C=O) groups is 1. The lowest BCUT2D eigenvalue weighted by molar-refractivity contribution is -0.121. The summed E-state index contributed by atoms with van der Waals surface area (Å²) in [5.41, 5.74) is 2.23. The van der Waals surface area contributed by atoms with Crippen LogP contribution in [0.4, 0.5) is 5.69 Å². The van der Waals surface area contributed by atoms with Gasteiger partial charge in [0, 0.05) is 19.3 Å². The highest BCUT2D eigenvalue weighted by Crippen LogP contribution is 2.18. The quantitative estimate of drug-likeness (QED) is 0.743. The van der Waals surface area contributed by atoms with Gasteiger partial charge in [-0.15, -0.1) is 0 Å². The van der Waals surface area contributed by atoms with Crippen molar-refractivity contribution in [3.8, 4) is 0 Å². The maximum absolute atomic E-state index is 11.8. The molecule has 19 heavy (non-hydrogen) atoms. The average molecular weight is 264 g/mol. The van der Waals surface area contributed by atoms with Gasteiger partial charge in [-0.1, -0.05) is 26.0 Å². The number of hydrogen-bond donors (Lipinski definition) is 2. The highest BCUT2D eigenvalue weighted by Gasteiger charge is 2.12. The molecule has 106 valence electrons. The fraction of sp³-hybridized carbons (Fsp3) is 0.533. The third kappa shape index (κ3) is 5.30. The highest BCUT2D eigenvalue weighted by atomic mass is 16.5. The van der Waals surface area contributed by atoms with E-state index in [2.05, 4.69) is 36.6 Å². The van der Waals surface area contributed by atoms with E-state index in [4.69, 9.17) is 4.74 Å². The van der Waals surface area contributed by atoms with Crippen molar-refractivity contribution in [2.24, 2.45) is 0 Å². The van der Waals surface area contributed by atoms with Gasteiger partial charge in [0.1, 0.15) is 6.04 Å². The molecule has 0 radical (unpaired) electrons. The molecule has 4 nitrogen and oxygen atoms in total. The second-order valence-electron chi connectivity index (χ2n) is 4.93. The summed E-state index contributed by atoms with van der Waals surface area (Å²) in [6.45, 7) is 7.22. The largest absolute Gasteiger partial charge is 0.383 e. The Morgan fingerprint density at radius 3 is 2.68 bits per heavy atom. The Hall–Kier alpha value is -1.55. The van der Waals surface area contributed by atoms with Gasteiger partial charge in [0.2, 0.25) is 5.91 Å². The normalized spacial score (nSPS) is 12.3. The van der Waals surface area contributed by atoms with E-state index in [9.17, 15) is 4.79 Å². The maximum Gasteiger partial charge on any atom is 0.242 e. The fourth-order valence-corrected chi connectivity index (χ4v) is 1.73. The molecule has 1 aromatic carbocycles. The molecule has 1 amide bonds. The molecule has 1 rings (SSSR count). The van der Waals surface area contributed by atoms with Gasteiger partial charge >= 0.3 is 0 Å². The van der Waals surface area contributed by atoms with Gasteiger partial charge in [-0.05, 0) is 30.5 Å². The number of methoxy groups -OCH3 is 1. The number of benzene rings is 1. The van der Waals surface area contributed by atoms with E-state index < -0.39 is 0 Å². The average Bonchev–Trinajstić information content (AvgIpc) is 2.39. The molecule has 0 saturated carbocycles. The van der Waals surface area contributed by atoms with Crippen LogP contribution in [0.25, 0.3) is 0 Å². The van der Waals surface area contributed by atoms with Gasteiger partial charge in [-0.2, -0.15) is 0 Å². The van der Waals surface area contributed by atoms with Crippen LogP contribution in [0.2, 0.25) is 0 Å². The number of anilines is 1. The Balaban J connectivity index is 2.53. The molecule has 0 aliphatic carbocycles. The van der Waals surface area contributed by atoms with Crippen LogP contribution in [0.1, 0.15) is 32.3 Å². The zero-order chi connectivity index (χ0) is 14.3. The van der Waals surface area contributed by atoms with Crippen molar-refractivity contribution < 1.29 is 9.53 Å². The lowest BCUT2D eigenvalue weighted by Crippen LogP contribution is -2.39. The van der Waals surface area contributed by atoms with Gasteiger partial charge in [0.25, 0.3) is 0 Å². The van der Waals surface area contributed by atoms with Crippen LogP contribution in [0.15, 0.2) is 24.3 Å². The number of ether oxygens (including phenoxy) is 1. The molecule has 0 aliphatic rings. The van der Waals surface area contributed by atoms with Gasteiger partial charge in [-0.25, -0.2) is 0 Å². The molecule has 1 aromatic rings. The Morgan fingerprint density at radius 1 is 1.32 bits per heavy atom. The number of carbonyl (C=O) groups excluding carboxylic acids is 1. The van der Waals surface area contributed by atoms with Crippen LogP contribution in [-0.4, -0.2) is 32.2 Å². The molecule has 0 aliphatic heterocycles. The zero-order valence-corrected chi connectivity index (χ0v) is 12.2. The van der Waals surface area contributed by atoms with Crippen molar-refractivity contribution in [3.63, 3.8) is 0 Å². The molecule has 1 unspecified atom stereocenters. The number of nitrogens with one attached hydrogen (secondary N) is 2. The molecule has 0 fully saturated rings. The Labute approximate surface area is 115 Å². The van der Waals surface area contributed by atoms with Crippen molar-refractivity contribution in [1.29, 1.82) is 0 Å². The predicted octanol–water partition coefficient (Wildman–Crippen LogP) is 2.37. The number of hydrogen-bond acceptors (Lipinski definition) is 3. The van der Waals surface area contributed by atoms with Crippen molar-refractivity contribution in [1.82, 2.24) is 5.32 Å². The van der Waals surface area contributed by atoms with Crippen molar-refractivity contribution in [2.45, 2.75) is 32.7 Å². The van der Waals surface area contributed by atoms with E-state index in [1.807, 2.05) is 19.1 Å². The van der Waals surface area contributed by atoms with Gasteiger partial charge in [0.15, 0.2) is 0 Å². The summed E-state index contributed by atoms with van der Waals surface area (Å²) in [4.78, 5) is 11.8. The van der Waals surface area contributed by atoms with Gasteiger partial charge < -0.3 is 15.4 Å². The summed E-state index contributed by atoms with van der Waals surface area (Å²) < 4.78 is 4.90.